The van der Waals surface area contributed by atoms with Crippen molar-refractivity contribution < 1.29 is 14.1 Å². The number of carbonyl (C=O) groups excluding carboxylic acids is 2. The van der Waals surface area contributed by atoms with Gasteiger partial charge in [0.1, 0.15) is 0 Å². The third kappa shape index (κ3) is 4.20. The first kappa shape index (κ1) is 17.2. The van der Waals surface area contributed by atoms with Gasteiger partial charge in [0.15, 0.2) is 6.54 Å². The highest BCUT2D eigenvalue weighted by Gasteiger charge is 2.36. The number of likely N-dealkylation sites (tertiary alicyclic amines) is 1. The Kier molecular flexibility index (Phi) is 5.45. The van der Waals surface area contributed by atoms with Crippen LogP contribution in [0, 0.1) is 5.92 Å². The van der Waals surface area contributed by atoms with Crippen molar-refractivity contribution in [3.05, 3.63) is 0 Å². The normalized spacial score (nSPS) is 30.5. The molecule has 0 unspecified atom stereocenters. The lowest BCUT2D eigenvalue weighted by Gasteiger charge is -2.42. The van der Waals surface area contributed by atoms with Gasteiger partial charge in [-0.1, -0.05) is 0 Å². The van der Waals surface area contributed by atoms with E-state index in [9.17, 15) is 9.59 Å². The average Bonchev–Trinajstić information content (AvgIpc) is 2.46. The second kappa shape index (κ2) is 6.96. The van der Waals surface area contributed by atoms with Crippen molar-refractivity contribution in [3.8, 4) is 0 Å². The van der Waals surface area contributed by atoms with Crippen LogP contribution in [0.1, 0.15) is 26.7 Å². The van der Waals surface area contributed by atoms with Gasteiger partial charge in [-0.25, -0.2) is 0 Å². The van der Waals surface area contributed by atoms with E-state index < -0.39 is 0 Å². The monoisotopic (exact) mass is 311 g/mol. The summed E-state index contributed by atoms with van der Waals surface area (Å²) in [5, 5.41) is 0. The summed E-state index contributed by atoms with van der Waals surface area (Å²) in [6.45, 7) is 10.2. The number of rotatable bonds is 4. The molecule has 2 rings (SSSR count). The first-order valence-electron chi connectivity index (χ1n) is 8.45. The van der Waals surface area contributed by atoms with Crippen LogP contribution in [0.15, 0.2) is 0 Å². The maximum Gasteiger partial charge on any atom is 0.272 e. The van der Waals surface area contributed by atoms with Gasteiger partial charge in [-0.2, -0.15) is 0 Å². The molecule has 2 heterocycles. The number of piperidine rings is 1. The van der Waals surface area contributed by atoms with E-state index >= 15 is 0 Å². The van der Waals surface area contributed by atoms with Crippen LogP contribution in [-0.2, 0) is 9.59 Å². The van der Waals surface area contributed by atoms with Crippen LogP contribution in [0.5, 0.6) is 0 Å². The summed E-state index contributed by atoms with van der Waals surface area (Å²) in [5.41, 5.74) is 5.32. The molecule has 2 N–H and O–H groups in total. The molecule has 0 atom stereocenters. The van der Waals surface area contributed by atoms with Crippen LogP contribution in [0.3, 0.4) is 0 Å². The molecule has 2 aliphatic rings. The van der Waals surface area contributed by atoms with E-state index in [1.54, 1.807) is 0 Å². The first-order valence-corrected chi connectivity index (χ1v) is 8.45. The molecule has 0 aromatic rings. The quantitative estimate of drug-likeness (QED) is 0.736. The third-order valence-corrected chi connectivity index (χ3v) is 5.28. The zero-order valence-corrected chi connectivity index (χ0v) is 14.3. The predicted octanol–water partition coefficient (Wildman–Crippen LogP) is -0.119. The van der Waals surface area contributed by atoms with E-state index in [1.165, 1.54) is 0 Å². The largest absolute Gasteiger partial charge is 0.365 e. The van der Waals surface area contributed by atoms with Crippen molar-refractivity contribution >= 4 is 11.8 Å². The number of carbonyl (C=O) groups is 2. The Bertz CT molecular complexity index is 408. The first-order chi connectivity index (χ1) is 10.3. The third-order valence-electron chi connectivity index (χ3n) is 5.28. The maximum atomic E-state index is 12.7. The van der Waals surface area contributed by atoms with E-state index in [1.807, 2.05) is 4.90 Å². The minimum absolute atomic E-state index is 0.129. The van der Waals surface area contributed by atoms with Gasteiger partial charge in [0.05, 0.1) is 20.1 Å². The second-order valence-corrected chi connectivity index (χ2v) is 7.42. The number of nitrogens with two attached hydrogens (primary N) is 1. The number of hydrogen-bond donors (Lipinski definition) is 1. The standard InChI is InChI=1S/C16H30N4O2/c1-13(2)18-6-8-19(9-7-18)16(22)14-4-10-20(3,11-5-14)12-15(17)21/h13-14H,4-12H2,1-3H3,(H-,17,21)/p+1. The van der Waals surface area contributed by atoms with Crippen molar-refractivity contribution in [1.29, 1.82) is 0 Å². The Morgan fingerprint density at radius 3 is 2.14 bits per heavy atom. The Morgan fingerprint density at radius 2 is 1.68 bits per heavy atom. The Hall–Kier alpha value is -1.14. The number of hydrogen-bond acceptors (Lipinski definition) is 3. The van der Waals surface area contributed by atoms with Crippen LogP contribution >= 0.6 is 0 Å². The van der Waals surface area contributed by atoms with Gasteiger partial charge in [0.25, 0.3) is 5.91 Å². The predicted molar refractivity (Wildman–Crippen MR) is 86.0 cm³/mol. The lowest BCUT2D eigenvalue weighted by molar-refractivity contribution is -0.907. The molecular formula is C16H31N4O2+. The van der Waals surface area contributed by atoms with E-state index in [0.717, 1.165) is 52.1 Å². The van der Waals surface area contributed by atoms with E-state index in [0.29, 0.717) is 23.0 Å². The maximum absolute atomic E-state index is 12.7. The van der Waals surface area contributed by atoms with Gasteiger partial charge >= 0.3 is 0 Å². The zero-order valence-electron chi connectivity index (χ0n) is 14.3. The summed E-state index contributed by atoms with van der Waals surface area (Å²) in [5.74, 6) is 0.190. The average molecular weight is 311 g/mol. The summed E-state index contributed by atoms with van der Waals surface area (Å²) >= 11 is 0. The SMILES string of the molecule is CC(C)N1CCN(C(=O)C2CC[N+](C)(CC(N)=O)CC2)CC1. The minimum Gasteiger partial charge on any atom is -0.365 e. The van der Waals surface area contributed by atoms with Gasteiger partial charge in [0, 0.05) is 51.0 Å². The minimum atomic E-state index is -0.253. The van der Waals surface area contributed by atoms with E-state index in [4.69, 9.17) is 5.73 Å². The second-order valence-electron chi connectivity index (χ2n) is 7.42. The van der Waals surface area contributed by atoms with Crippen molar-refractivity contribution in [1.82, 2.24) is 9.80 Å². The molecular weight excluding hydrogens is 280 g/mol. The fourth-order valence-corrected chi connectivity index (χ4v) is 3.69. The number of likely N-dealkylation sites (N-methyl/N-ethyl adjacent to an activating group) is 1. The fraction of sp³-hybridized carbons (Fsp3) is 0.875. The van der Waals surface area contributed by atoms with E-state index in [-0.39, 0.29) is 11.8 Å². The molecule has 6 heteroatoms. The van der Waals surface area contributed by atoms with Crippen molar-refractivity contribution in [2.75, 3.05) is 52.9 Å². The molecule has 2 fully saturated rings. The van der Waals surface area contributed by atoms with E-state index in [2.05, 4.69) is 25.8 Å². The fourth-order valence-electron chi connectivity index (χ4n) is 3.69. The molecule has 22 heavy (non-hydrogen) atoms. The van der Waals surface area contributed by atoms with Gasteiger partial charge in [-0.05, 0) is 13.8 Å². The highest BCUT2D eigenvalue weighted by Crippen LogP contribution is 2.24. The highest BCUT2D eigenvalue weighted by atomic mass is 16.2. The molecule has 0 aromatic carbocycles. The van der Waals surface area contributed by atoms with Crippen LogP contribution in [-0.4, -0.2) is 85.0 Å². The van der Waals surface area contributed by atoms with Gasteiger partial charge < -0.3 is 15.1 Å². The Morgan fingerprint density at radius 1 is 1.14 bits per heavy atom. The van der Waals surface area contributed by atoms with Crippen LogP contribution < -0.4 is 5.73 Å². The Balaban J connectivity index is 1.82. The molecule has 0 spiro atoms. The smallest absolute Gasteiger partial charge is 0.272 e. The number of nitrogens with zero attached hydrogens (tertiary/aromatic N) is 3. The topological polar surface area (TPSA) is 66.6 Å². The molecule has 0 aromatic heterocycles. The van der Waals surface area contributed by atoms with Gasteiger partial charge in [0.2, 0.25) is 5.91 Å². The number of piperazine rings is 1. The summed E-state index contributed by atoms with van der Waals surface area (Å²) < 4.78 is 0.681. The summed E-state index contributed by atoms with van der Waals surface area (Å²) in [6.07, 6.45) is 1.74. The van der Waals surface area contributed by atoms with Crippen molar-refractivity contribution in [2.24, 2.45) is 11.7 Å². The molecule has 6 nitrogen and oxygen atoms in total. The lowest BCUT2D eigenvalue weighted by Crippen LogP contribution is -2.57. The van der Waals surface area contributed by atoms with Crippen LogP contribution in [0.2, 0.25) is 0 Å². The molecule has 0 aliphatic carbocycles. The Labute approximate surface area is 133 Å². The molecule has 0 saturated carbocycles. The summed E-state index contributed by atoms with van der Waals surface area (Å²) in [6, 6.07) is 0.554. The van der Waals surface area contributed by atoms with Crippen LogP contribution in [0.4, 0.5) is 0 Å². The molecule has 0 bridgehead atoms. The molecule has 2 amide bonds. The summed E-state index contributed by atoms with van der Waals surface area (Å²) in [7, 11) is 2.06. The number of quaternary nitrogens is 1. The van der Waals surface area contributed by atoms with Gasteiger partial charge in [-0.15, -0.1) is 0 Å². The molecule has 2 saturated heterocycles. The zero-order chi connectivity index (χ0) is 16.3. The van der Waals surface area contributed by atoms with Crippen molar-refractivity contribution in [3.63, 3.8) is 0 Å². The van der Waals surface area contributed by atoms with Crippen LogP contribution in [0.25, 0.3) is 0 Å². The molecule has 126 valence electrons. The molecule has 2 aliphatic heterocycles. The molecule has 0 radical (unpaired) electrons. The van der Waals surface area contributed by atoms with Gasteiger partial charge in [-0.3, -0.25) is 14.5 Å². The lowest BCUT2D eigenvalue weighted by atomic mass is 9.93. The van der Waals surface area contributed by atoms with Crippen molar-refractivity contribution in [2.45, 2.75) is 32.7 Å². The summed E-state index contributed by atoms with van der Waals surface area (Å²) in [4.78, 5) is 28.3. The number of primary amides is 1. The highest BCUT2D eigenvalue weighted by molar-refractivity contribution is 5.79. The number of amides is 2.